The number of aliphatic imine (C=N–C) groups is 1. The van der Waals surface area contributed by atoms with Gasteiger partial charge in [-0.3, -0.25) is 4.99 Å². The van der Waals surface area contributed by atoms with Gasteiger partial charge in [-0.15, -0.1) is 0 Å². The van der Waals surface area contributed by atoms with E-state index in [1.807, 2.05) is 38.1 Å². The van der Waals surface area contributed by atoms with Gasteiger partial charge in [-0.25, -0.2) is 4.39 Å². The predicted octanol–water partition coefficient (Wildman–Crippen LogP) is 6.29. The Morgan fingerprint density at radius 2 is 1.71 bits per heavy atom. The molecule has 0 aliphatic heterocycles. The van der Waals surface area contributed by atoms with Gasteiger partial charge >= 0.3 is 0 Å². The van der Waals surface area contributed by atoms with Gasteiger partial charge in [-0.1, -0.05) is 23.2 Å². The zero-order chi connectivity index (χ0) is 17.3. The summed E-state index contributed by atoms with van der Waals surface area (Å²) in [7, 11) is 0. The molecule has 1 aromatic heterocycles. The summed E-state index contributed by atoms with van der Waals surface area (Å²) in [6.07, 6.45) is 1.76. The maximum absolute atomic E-state index is 13.2. The fraction of sp³-hybridized carbons (Fsp3) is 0.105. The van der Waals surface area contributed by atoms with Crippen LogP contribution in [0.2, 0.25) is 10.0 Å². The molecule has 0 radical (unpaired) electrons. The minimum Gasteiger partial charge on any atom is -0.318 e. The van der Waals surface area contributed by atoms with E-state index in [1.165, 1.54) is 12.1 Å². The van der Waals surface area contributed by atoms with Crippen molar-refractivity contribution in [2.45, 2.75) is 13.8 Å². The van der Waals surface area contributed by atoms with Crippen LogP contribution < -0.4 is 0 Å². The van der Waals surface area contributed by atoms with E-state index in [9.17, 15) is 4.39 Å². The summed E-state index contributed by atoms with van der Waals surface area (Å²) in [6.45, 7) is 4.06. The predicted molar refractivity (Wildman–Crippen MR) is 98.9 cm³/mol. The van der Waals surface area contributed by atoms with Crippen molar-refractivity contribution < 1.29 is 4.39 Å². The van der Waals surface area contributed by atoms with Crippen molar-refractivity contribution in [2.75, 3.05) is 0 Å². The molecule has 2 aromatic carbocycles. The molecule has 0 saturated carbocycles. The first-order chi connectivity index (χ1) is 11.5. The van der Waals surface area contributed by atoms with Gasteiger partial charge in [0.1, 0.15) is 5.82 Å². The van der Waals surface area contributed by atoms with E-state index in [0.29, 0.717) is 10.7 Å². The van der Waals surface area contributed by atoms with Crippen LogP contribution in [0, 0.1) is 19.7 Å². The molecule has 0 fully saturated rings. The Labute approximate surface area is 150 Å². The molecule has 0 saturated heterocycles. The fourth-order valence-corrected chi connectivity index (χ4v) is 2.92. The van der Waals surface area contributed by atoms with Gasteiger partial charge in [0.2, 0.25) is 0 Å². The normalized spacial score (nSPS) is 11.4. The van der Waals surface area contributed by atoms with Crippen molar-refractivity contribution in [1.29, 1.82) is 0 Å². The molecule has 0 aliphatic rings. The van der Waals surface area contributed by atoms with Crippen molar-refractivity contribution in [3.8, 4) is 5.69 Å². The number of hydrogen-bond acceptors (Lipinski definition) is 1. The molecule has 5 heteroatoms. The number of aromatic nitrogens is 1. The standard InChI is InChI=1S/C19H15Cl2FN2/c1-12-9-14(11-23-16-5-8-19(22)18(21)10-16)13(2)24(12)17-6-3-15(20)4-7-17/h3-11H,1-2H3. The lowest BCUT2D eigenvalue weighted by Crippen LogP contribution is -1.99. The molecule has 1 heterocycles. The minimum atomic E-state index is -0.448. The van der Waals surface area contributed by atoms with Crippen LogP contribution in [-0.2, 0) is 0 Å². The number of halogens is 3. The lowest BCUT2D eigenvalue weighted by Gasteiger charge is -2.09. The second-order valence-electron chi connectivity index (χ2n) is 5.49. The highest BCUT2D eigenvalue weighted by molar-refractivity contribution is 6.31. The first-order valence-electron chi connectivity index (χ1n) is 7.39. The number of benzene rings is 2. The highest BCUT2D eigenvalue weighted by Crippen LogP contribution is 2.24. The molecule has 0 aliphatic carbocycles. The van der Waals surface area contributed by atoms with Gasteiger partial charge in [0.05, 0.1) is 10.7 Å². The van der Waals surface area contributed by atoms with Crippen LogP contribution in [-0.4, -0.2) is 10.8 Å². The maximum atomic E-state index is 13.2. The molecule has 0 N–H and O–H groups in total. The Bertz CT molecular complexity index is 912. The van der Waals surface area contributed by atoms with E-state index < -0.39 is 5.82 Å². The van der Waals surface area contributed by atoms with Gasteiger partial charge in [0.25, 0.3) is 0 Å². The zero-order valence-corrected chi connectivity index (χ0v) is 14.7. The Morgan fingerprint density at radius 1 is 1.00 bits per heavy atom. The van der Waals surface area contributed by atoms with E-state index in [1.54, 1.807) is 12.3 Å². The van der Waals surface area contributed by atoms with Crippen LogP contribution >= 0.6 is 23.2 Å². The van der Waals surface area contributed by atoms with Gasteiger partial charge in [0.15, 0.2) is 0 Å². The van der Waals surface area contributed by atoms with Crippen molar-refractivity contribution in [3.05, 3.63) is 81.3 Å². The third kappa shape index (κ3) is 3.37. The van der Waals surface area contributed by atoms with Gasteiger partial charge in [-0.2, -0.15) is 0 Å². The zero-order valence-electron chi connectivity index (χ0n) is 13.2. The fourth-order valence-electron chi connectivity index (χ4n) is 2.62. The summed E-state index contributed by atoms with van der Waals surface area (Å²) < 4.78 is 15.3. The molecular weight excluding hydrogens is 346 g/mol. The Morgan fingerprint density at radius 3 is 2.38 bits per heavy atom. The average Bonchev–Trinajstić information content (AvgIpc) is 2.84. The number of aryl methyl sites for hydroxylation is 1. The summed E-state index contributed by atoms with van der Waals surface area (Å²) >= 11 is 11.7. The summed E-state index contributed by atoms with van der Waals surface area (Å²) in [5.74, 6) is -0.448. The lowest BCUT2D eigenvalue weighted by atomic mass is 10.2. The van der Waals surface area contributed by atoms with E-state index in [0.717, 1.165) is 22.6 Å². The third-order valence-corrected chi connectivity index (χ3v) is 4.35. The molecule has 3 aromatic rings. The Balaban J connectivity index is 1.95. The van der Waals surface area contributed by atoms with E-state index in [4.69, 9.17) is 23.2 Å². The van der Waals surface area contributed by atoms with Crippen LogP contribution in [0.5, 0.6) is 0 Å². The molecule has 0 amide bonds. The van der Waals surface area contributed by atoms with Crippen molar-refractivity contribution in [2.24, 2.45) is 4.99 Å². The first kappa shape index (κ1) is 16.7. The van der Waals surface area contributed by atoms with Crippen LogP contribution in [0.25, 0.3) is 5.69 Å². The Kier molecular flexibility index (Phi) is 4.74. The summed E-state index contributed by atoms with van der Waals surface area (Å²) in [5, 5.41) is 0.771. The van der Waals surface area contributed by atoms with Gasteiger partial charge in [-0.05, 0) is 62.4 Å². The highest BCUT2D eigenvalue weighted by atomic mass is 35.5. The molecule has 0 unspecified atom stereocenters. The lowest BCUT2D eigenvalue weighted by molar-refractivity contribution is 0.628. The first-order valence-corrected chi connectivity index (χ1v) is 8.15. The highest BCUT2D eigenvalue weighted by Gasteiger charge is 2.09. The molecule has 0 spiro atoms. The SMILES string of the molecule is Cc1cc(C=Nc2ccc(F)c(Cl)c2)c(C)n1-c1ccc(Cl)cc1. The van der Waals surface area contributed by atoms with Crippen LogP contribution in [0.15, 0.2) is 53.5 Å². The quantitative estimate of drug-likeness (QED) is 0.488. The summed E-state index contributed by atoms with van der Waals surface area (Å²) in [5.41, 5.74) is 4.79. The second kappa shape index (κ2) is 6.80. The third-order valence-electron chi connectivity index (χ3n) is 3.81. The van der Waals surface area contributed by atoms with Crippen LogP contribution in [0.4, 0.5) is 10.1 Å². The molecule has 0 bridgehead atoms. The molecule has 0 atom stereocenters. The van der Waals surface area contributed by atoms with Crippen LogP contribution in [0.3, 0.4) is 0 Å². The molecular formula is C19H15Cl2FN2. The number of nitrogens with zero attached hydrogens (tertiary/aromatic N) is 2. The van der Waals surface area contributed by atoms with E-state index in [2.05, 4.69) is 15.6 Å². The van der Waals surface area contributed by atoms with Gasteiger partial charge < -0.3 is 4.57 Å². The average molecular weight is 361 g/mol. The molecule has 24 heavy (non-hydrogen) atoms. The monoisotopic (exact) mass is 360 g/mol. The summed E-state index contributed by atoms with van der Waals surface area (Å²) in [6, 6.07) is 14.1. The van der Waals surface area contributed by atoms with Crippen molar-refractivity contribution >= 4 is 35.1 Å². The van der Waals surface area contributed by atoms with Gasteiger partial charge in [0, 0.05) is 33.9 Å². The smallest absolute Gasteiger partial charge is 0.141 e. The number of rotatable bonds is 3. The largest absolute Gasteiger partial charge is 0.318 e. The topological polar surface area (TPSA) is 17.3 Å². The second-order valence-corrected chi connectivity index (χ2v) is 6.34. The minimum absolute atomic E-state index is 0.0660. The number of hydrogen-bond donors (Lipinski definition) is 0. The summed E-state index contributed by atoms with van der Waals surface area (Å²) in [4.78, 5) is 4.39. The van der Waals surface area contributed by atoms with Crippen molar-refractivity contribution in [3.63, 3.8) is 0 Å². The van der Waals surface area contributed by atoms with E-state index >= 15 is 0 Å². The molecule has 3 rings (SSSR count). The van der Waals surface area contributed by atoms with Crippen LogP contribution in [0.1, 0.15) is 17.0 Å². The molecule has 122 valence electrons. The maximum Gasteiger partial charge on any atom is 0.141 e. The Hall–Kier alpha value is -2.10. The van der Waals surface area contributed by atoms with Crippen molar-refractivity contribution in [1.82, 2.24) is 4.57 Å². The van der Waals surface area contributed by atoms with E-state index in [-0.39, 0.29) is 5.02 Å². The molecule has 2 nitrogen and oxygen atoms in total.